The third-order valence-corrected chi connectivity index (χ3v) is 5.82. The Bertz CT molecular complexity index is 892. The van der Waals surface area contributed by atoms with Gasteiger partial charge in [-0.15, -0.1) is 0 Å². The molecule has 150 valence electrons. The molecular weight excluding hydrogens is 366 g/mol. The van der Waals surface area contributed by atoms with E-state index in [1.165, 1.54) is 0 Å². The number of hydrogen-bond donors (Lipinski definition) is 2. The number of hydrogen-bond acceptors (Lipinski definition) is 3. The maximum absolute atomic E-state index is 12.8. The van der Waals surface area contributed by atoms with E-state index < -0.39 is 11.6 Å². The van der Waals surface area contributed by atoms with E-state index in [9.17, 15) is 14.4 Å². The largest absolute Gasteiger partial charge is 0.347 e. The lowest BCUT2D eigenvalue weighted by atomic mass is 9.98. The van der Waals surface area contributed by atoms with E-state index in [1.807, 2.05) is 60.7 Å². The highest BCUT2D eigenvalue weighted by molar-refractivity contribution is 6.09. The average Bonchev–Trinajstić information content (AvgIpc) is 3.30. The predicted molar refractivity (Wildman–Crippen MR) is 109 cm³/mol. The van der Waals surface area contributed by atoms with Crippen LogP contribution in [0.4, 0.5) is 4.79 Å². The van der Waals surface area contributed by atoms with Gasteiger partial charge >= 0.3 is 6.03 Å². The van der Waals surface area contributed by atoms with Gasteiger partial charge in [-0.05, 0) is 30.4 Å². The van der Waals surface area contributed by atoms with Crippen LogP contribution < -0.4 is 10.6 Å². The molecule has 1 aliphatic carbocycles. The second-order valence-electron chi connectivity index (χ2n) is 7.83. The van der Waals surface area contributed by atoms with Crippen molar-refractivity contribution in [3.05, 3.63) is 71.8 Å². The Morgan fingerprint density at radius 3 is 2.28 bits per heavy atom. The Balaban J connectivity index is 1.47. The van der Waals surface area contributed by atoms with E-state index in [1.54, 1.807) is 0 Å². The summed E-state index contributed by atoms with van der Waals surface area (Å²) in [5.41, 5.74) is 1.29. The maximum atomic E-state index is 12.8. The number of nitrogens with zero attached hydrogens (tertiary/aromatic N) is 1. The molecule has 6 nitrogen and oxygen atoms in total. The molecular formula is C23H25N3O3. The highest BCUT2D eigenvalue weighted by Gasteiger charge is 2.52. The van der Waals surface area contributed by atoms with E-state index >= 15 is 0 Å². The molecule has 4 rings (SSSR count). The number of benzene rings is 2. The normalized spacial score (nSPS) is 18.7. The Hall–Kier alpha value is -3.15. The quantitative estimate of drug-likeness (QED) is 0.743. The Morgan fingerprint density at radius 2 is 1.62 bits per heavy atom. The second-order valence-corrected chi connectivity index (χ2v) is 7.83. The van der Waals surface area contributed by atoms with Gasteiger partial charge in [0.05, 0.1) is 6.04 Å². The average molecular weight is 391 g/mol. The van der Waals surface area contributed by atoms with Gasteiger partial charge in [0.25, 0.3) is 5.91 Å². The van der Waals surface area contributed by atoms with Crippen molar-refractivity contribution in [2.45, 2.75) is 43.7 Å². The Labute approximate surface area is 170 Å². The van der Waals surface area contributed by atoms with Gasteiger partial charge in [0.15, 0.2) is 0 Å². The fourth-order valence-electron chi connectivity index (χ4n) is 4.31. The minimum Gasteiger partial charge on any atom is -0.347 e. The summed E-state index contributed by atoms with van der Waals surface area (Å²) in [6.07, 6.45) is 3.76. The summed E-state index contributed by atoms with van der Waals surface area (Å²) in [4.78, 5) is 39.0. The maximum Gasteiger partial charge on any atom is 0.325 e. The Kier molecular flexibility index (Phi) is 5.34. The summed E-state index contributed by atoms with van der Waals surface area (Å²) in [6.45, 7) is -0.259. The molecule has 0 radical (unpaired) electrons. The van der Waals surface area contributed by atoms with Gasteiger partial charge in [-0.3, -0.25) is 14.5 Å². The zero-order valence-corrected chi connectivity index (χ0v) is 16.3. The smallest absolute Gasteiger partial charge is 0.325 e. The van der Waals surface area contributed by atoms with Crippen molar-refractivity contribution in [2.24, 2.45) is 0 Å². The van der Waals surface area contributed by atoms with Crippen molar-refractivity contribution < 1.29 is 14.4 Å². The first-order valence-corrected chi connectivity index (χ1v) is 10.1. The molecule has 1 spiro atoms. The molecule has 1 unspecified atom stereocenters. The molecule has 2 aliphatic rings. The van der Waals surface area contributed by atoms with Gasteiger partial charge in [0.1, 0.15) is 12.1 Å². The lowest BCUT2D eigenvalue weighted by molar-refractivity contribution is -0.135. The molecule has 1 heterocycles. The number of nitrogens with one attached hydrogen (secondary N) is 2. The van der Waals surface area contributed by atoms with Crippen molar-refractivity contribution in [2.75, 3.05) is 6.54 Å². The first kappa shape index (κ1) is 19.2. The van der Waals surface area contributed by atoms with Crippen molar-refractivity contribution in [3.8, 4) is 0 Å². The van der Waals surface area contributed by atoms with Gasteiger partial charge in [-0.2, -0.15) is 0 Å². The van der Waals surface area contributed by atoms with Gasteiger partial charge in [0, 0.05) is 0 Å². The Morgan fingerprint density at radius 1 is 1.00 bits per heavy atom. The first-order valence-electron chi connectivity index (χ1n) is 10.1. The first-order chi connectivity index (χ1) is 14.1. The molecule has 1 saturated heterocycles. The molecule has 2 fully saturated rings. The third kappa shape index (κ3) is 4.01. The predicted octanol–water partition coefficient (Wildman–Crippen LogP) is 2.95. The van der Waals surface area contributed by atoms with Crippen molar-refractivity contribution in [3.63, 3.8) is 0 Å². The van der Waals surface area contributed by atoms with E-state index in [4.69, 9.17) is 0 Å². The van der Waals surface area contributed by atoms with Crippen LogP contribution in [0.3, 0.4) is 0 Å². The van der Waals surface area contributed by atoms with Crippen LogP contribution in [0, 0.1) is 0 Å². The molecule has 2 N–H and O–H groups in total. The minimum absolute atomic E-state index is 0.243. The van der Waals surface area contributed by atoms with Crippen LogP contribution >= 0.6 is 0 Å². The summed E-state index contributed by atoms with van der Waals surface area (Å²) in [5.74, 6) is -0.609. The van der Waals surface area contributed by atoms with E-state index in [2.05, 4.69) is 10.6 Å². The van der Waals surface area contributed by atoms with Gasteiger partial charge < -0.3 is 10.6 Å². The van der Waals surface area contributed by atoms with E-state index in [-0.39, 0.29) is 24.4 Å². The molecule has 6 heteroatoms. The number of imide groups is 1. The summed E-state index contributed by atoms with van der Waals surface area (Å²) < 4.78 is 0. The lowest BCUT2D eigenvalue weighted by Crippen LogP contribution is -2.45. The fraction of sp³-hybridized carbons (Fsp3) is 0.348. The van der Waals surface area contributed by atoms with Gasteiger partial charge in [-0.1, -0.05) is 73.5 Å². The monoisotopic (exact) mass is 391 g/mol. The summed E-state index contributed by atoms with van der Waals surface area (Å²) in [6, 6.07) is 18.9. The molecule has 2 aromatic rings. The summed E-state index contributed by atoms with van der Waals surface area (Å²) in [7, 11) is 0. The fourth-order valence-corrected chi connectivity index (χ4v) is 4.31. The number of carbonyl (C=O) groups is 3. The van der Waals surface area contributed by atoms with Crippen molar-refractivity contribution in [1.82, 2.24) is 15.5 Å². The minimum atomic E-state index is -0.791. The van der Waals surface area contributed by atoms with Gasteiger partial charge in [0.2, 0.25) is 5.91 Å². The van der Waals surface area contributed by atoms with Crippen LogP contribution in [0.5, 0.6) is 0 Å². The number of carbonyl (C=O) groups excluding carboxylic acids is 3. The van der Waals surface area contributed by atoms with Crippen molar-refractivity contribution in [1.29, 1.82) is 0 Å². The molecule has 4 amide bonds. The molecule has 1 aliphatic heterocycles. The molecule has 2 aromatic carbocycles. The molecule has 0 aromatic heterocycles. The van der Waals surface area contributed by atoms with Crippen molar-refractivity contribution >= 4 is 17.8 Å². The van der Waals surface area contributed by atoms with Crippen LogP contribution in [0.2, 0.25) is 0 Å². The molecule has 1 saturated carbocycles. The van der Waals surface area contributed by atoms with Gasteiger partial charge in [-0.25, -0.2) is 4.79 Å². The number of urea groups is 1. The van der Waals surface area contributed by atoms with Crippen LogP contribution in [-0.2, 0) is 16.0 Å². The lowest BCUT2D eigenvalue weighted by Gasteiger charge is -2.22. The zero-order chi connectivity index (χ0) is 20.3. The summed E-state index contributed by atoms with van der Waals surface area (Å²) >= 11 is 0. The molecule has 0 bridgehead atoms. The summed E-state index contributed by atoms with van der Waals surface area (Å²) in [5, 5.41) is 5.83. The highest BCUT2D eigenvalue weighted by atomic mass is 16.2. The highest BCUT2D eigenvalue weighted by Crippen LogP contribution is 2.34. The zero-order valence-electron chi connectivity index (χ0n) is 16.3. The number of amides is 4. The topological polar surface area (TPSA) is 78.5 Å². The number of rotatable bonds is 6. The molecule has 29 heavy (non-hydrogen) atoms. The van der Waals surface area contributed by atoms with E-state index in [0.717, 1.165) is 28.9 Å². The van der Waals surface area contributed by atoms with Crippen LogP contribution in [0.25, 0.3) is 0 Å². The standard InChI is InChI=1S/C23H25N3O3/c27-20(16-26-21(28)23(25-22(26)29)13-7-8-14-23)24-19(18-11-5-2-6-12-18)15-17-9-3-1-4-10-17/h1-6,9-12,19H,7-8,13-16H2,(H,24,27)(H,25,29). The van der Waals surface area contributed by atoms with Crippen LogP contribution in [-0.4, -0.2) is 34.8 Å². The van der Waals surface area contributed by atoms with E-state index in [0.29, 0.717) is 19.3 Å². The SMILES string of the molecule is O=C(CN1C(=O)NC2(CCCC2)C1=O)NC(Cc1ccccc1)c1ccccc1. The molecule has 1 atom stereocenters. The third-order valence-electron chi connectivity index (χ3n) is 5.82. The van der Waals surface area contributed by atoms with Crippen LogP contribution in [0.1, 0.15) is 42.9 Å². The van der Waals surface area contributed by atoms with Crippen LogP contribution in [0.15, 0.2) is 60.7 Å². The second kappa shape index (κ2) is 8.07.